The van der Waals surface area contributed by atoms with E-state index in [2.05, 4.69) is 5.32 Å². The lowest BCUT2D eigenvalue weighted by Crippen LogP contribution is -2.27. The molecular weight excluding hydrogens is 370 g/mol. The van der Waals surface area contributed by atoms with Crippen molar-refractivity contribution in [3.8, 4) is 28.6 Å². The standard InChI is InChI=1S/C20H16ClNO5/c21-15-4-2-1-3-14(15)16-7-8-18(27-16)20(23)22-9-10-24-13-5-6-17-19(11-13)26-12-25-17/h1-8,11H,9-10,12H2,(H,22,23). The van der Waals surface area contributed by atoms with Crippen LogP contribution in [0.15, 0.2) is 59.0 Å². The van der Waals surface area contributed by atoms with E-state index in [1.54, 1.807) is 36.4 Å². The molecule has 138 valence electrons. The van der Waals surface area contributed by atoms with Crippen molar-refractivity contribution in [3.05, 3.63) is 65.4 Å². The fraction of sp³-hybridized carbons (Fsp3) is 0.150. The van der Waals surface area contributed by atoms with Crippen molar-refractivity contribution in [1.29, 1.82) is 0 Å². The number of fused-ring (bicyclic) bond motifs is 1. The van der Waals surface area contributed by atoms with Crippen molar-refractivity contribution < 1.29 is 23.4 Å². The molecule has 0 spiro atoms. The zero-order chi connectivity index (χ0) is 18.6. The van der Waals surface area contributed by atoms with Gasteiger partial charge < -0.3 is 23.9 Å². The van der Waals surface area contributed by atoms with Gasteiger partial charge in [-0.25, -0.2) is 0 Å². The molecule has 0 saturated carbocycles. The van der Waals surface area contributed by atoms with Gasteiger partial charge in [-0.2, -0.15) is 0 Å². The lowest BCUT2D eigenvalue weighted by Gasteiger charge is -2.07. The van der Waals surface area contributed by atoms with Gasteiger partial charge in [0.15, 0.2) is 17.3 Å². The molecular formula is C20H16ClNO5. The molecule has 0 aliphatic carbocycles. The normalized spacial score (nSPS) is 12.0. The molecule has 1 aliphatic heterocycles. The van der Waals surface area contributed by atoms with E-state index in [4.69, 9.17) is 30.2 Å². The zero-order valence-electron chi connectivity index (χ0n) is 14.2. The number of nitrogens with one attached hydrogen (secondary N) is 1. The van der Waals surface area contributed by atoms with Gasteiger partial charge in [0.05, 0.1) is 11.6 Å². The molecule has 4 rings (SSSR count). The second-order valence-corrected chi connectivity index (χ2v) is 6.17. The number of benzene rings is 2. The first-order valence-electron chi connectivity index (χ1n) is 8.36. The largest absolute Gasteiger partial charge is 0.492 e. The first kappa shape index (κ1) is 17.3. The molecule has 2 heterocycles. The summed E-state index contributed by atoms with van der Waals surface area (Å²) in [5.74, 6) is 2.44. The highest BCUT2D eigenvalue weighted by atomic mass is 35.5. The Morgan fingerprint density at radius 1 is 1.07 bits per heavy atom. The van der Waals surface area contributed by atoms with Gasteiger partial charge in [-0.05, 0) is 36.4 Å². The molecule has 1 aliphatic rings. The van der Waals surface area contributed by atoms with Crippen molar-refractivity contribution >= 4 is 17.5 Å². The maximum atomic E-state index is 12.2. The van der Waals surface area contributed by atoms with Crippen LogP contribution in [-0.2, 0) is 0 Å². The fourth-order valence-electron chi connectivity index (χ4n) is 2.65. The van der Waals surface area contributed by atoms with E-state index < -0.39 is 0 Å². The molecule has 0 saturated heterocycles. The molecule has 27 heavy (non-hydrogen) atoms. The first-order valence-corrected chi connectivity index (χ1v) is 8.74. The monoisotopic (exact) mass is 385 g/mol. The summed E-state index contributed by atoms with van der Waals surface area (Å²) >= 11 is 6.15. The summed E-state index contributed by atoms with van der Waals surface area (Å²) in [4.78, 5) is 12.2. The Morgan fingerprint density at radius 2 is 1.93 bits per heavy atom. The Kier molecular flexibility index (Phi) is 4.89. The van der Waals surface area contributed by atoms with E-state index >= 15 is 0 Å². The smallest absolute Gasteiger partial charge is 0.287 e. The van der Waals surface area contributed by atoms with Crippen LogP contribution in [0.4, 0.5) is 0 Å². The number of halogens is 1. The lowest BCUT2D eigenvalue weighted by molar-refractivity contribution is 0.0920. The van der Waals surface area contributed by atoms with Gasteiger partial charge in [0.25, 0.3) is 5.91 Å². The molecule has 1 N–H and O–H groups in total. The molecule has 1 amide bonds. The van der Waals surface area contributed by atoms with Gasteiger partial charge in [0.2, 0.25) is 6.79 Å². The summed E-state index contributed by atoms with van der Waals surface area (Å²) in [5.41, 5.74) is 0.740. The minimum Gasteiger partial charge on any atom is -0.492 e. The zero-order valence-corrected chi connectivity index (χ0v) is 15.0. The Labute approximate surface area is 160 Å². The van der Waals surface area contributed by atoms with Gasteiger partial charge in [-0.15, -0.1) is 0 Å². The summed E-state index contributed by atoms with van der Waals surface area (Å²) in [6.07, 6.45) is 0. The number of ether oxygens (including phenoxy) is 3. The molecule has 0 bridgehead atoms. The molecule has 1 aromatic heterocycles. The molecule has 6 nitrogen and oxygen atoms in total. The van der Waals surface area contributed by atoms with E-state index in [0.717, 1.165) is 5.56 Å². The van der Waals surface area contributed by atoms with Gasteiger partial charge >= 0.3 is 0 Å². The topological polar surface area (TPSA) is 69.9 Å². The predicted molar refractivity (Wildman–Crippen MR) is 99.5 cm³/mol. The summed E-state index contributed by atoms with van der Waals surface area (Å²) in [6, 6.07) is 16.0. The van der Waals surface area contributed by atoms with Crippen molar-refractivity contribution in [3.63, 3.8) is 0 Å². The van der Waals surface area contributed by atoms with Gasteiger partial charge in [0.1, 0.15) is 18.1 Å². The van der Waals surface area contributed by atoms with E-state index in [1.165, 1.54) is 0 Å². The SMILES string of the molecule is O=C(NCCOc1ccc2c(c1)OCO2)c1ccc(-c2ccccc2Cl)o1. The van der Waals surface area contributed by atoms with Crippen LogP contribution in [0.1, 0.15) is 10.6 Å². The average Bonchev–Trinajstić information content (AvgIpc) is 3.34. The predicted octanol–water partition coefficient (Wildman–Crippen LogP) is 4.14. The van der Waals surface area contributed by atoms with Crippen LogP contribution in [0.2, 0.25) is 5.02 Å². The van der Waals surface area contributed by atoms with Crippen LogP contribution >= 0.6 is 11.6 Å². The van der Waals surface area contributed by atoms with Crippen molar-refractivity contribution in [2.45, 2.75) is 0 Å². The molecule has 0 atom stereocenters. The van der Waals surface area contributed by atoms with E-state index in [1.807, 2.05) is 18.2 Å². The second kappa shape index (κ2) is 7.63. The van der Waals surface area contributed by atoms with Gasteiger partial charge in [-0.1, -0.05) is 23.7 Å². The third-order valence-electron chi connectivity index (χ3n) is 3.97. The molecule has 0 unspecified atom stereocenters. The molecule has 0 fully saturated rings. The summed E-state index contributed by atoms with van der Waals surface area (Å²) in [5, 5.41) is 3.32. The Hall–Kier alpha value is -3.12. The number of carbonyl (C=O) groups excluding carboxylic acids is 1. The summed E-state index contributed by atoms with van der Waals surface area (Å²) in [6.45, 7) is 0.854. The maximum Gasteiger partial charge on any atom is 0.287 e. The number of rotatable bonds is 6. The van der Waals surface area contributed by atoms with Gasteiger partial charge in [-0.3, -0.25) is 4.79 Å². The van der Waals surface area contributed by atoms with Gasteiger partial charge in [0, 0.05) is 11.6 Å². The van der Waals surface area contributed by atoms with Crippen molar-refractivity contribution in [2.24, 2.45) is 0 Å². The van der Waals surface area contributed by atoms with Crippen LogP contribution < -0.4 is 19.5 Å². The van der Waals surface area contributed by atoms with Crippen molar-refractivity contribution in [1.82, 2.24) is 5.32 Å². The summed E-state index contributed by atoms with van der Waals surface area (Å²) < 4.78 is 21.8. The minimum atomic E-state index is -0.317. The second-order valence-electron chi connectivity index (χ2n) is 5.76. The van der Waals surface area contributed by atoms with Crippen LogP contribution in [0.3, 0.4) is 0 Å². The third kappa shape index (κ3) is 3.85. The van der Waals surface area contributed by atoms with Crippen LogP contribution in [-0.4, -0.2) is 25.9 Å². The number of carbonyl (C=O) groups is 1. The third-order valence-corrected chi connectivity index (χ3v) is 4.30. The Morgan fingerprint density at radius 3 is 2.81 bits per heavy atom. The molecule has 7 heteroatoms. The van der Waals surface area contributed by atoms with Crippen molar-refractivity contribution in [2.75, 3.05) is 19.9 Å². The Balaban J connectivity index is 1.29. The highest BCUT2D eigenvalue weighted by Gasteiger charge is 2.15. The van der Waals surface area contributed by atoms with Crippen LogP contribution in [0, 0.1) is 0 Å². The maximum absolute atomic E-state index is 12.2. The number of hydrogen-bond acceptors (Lipinski definition) is 5. The summed E-state index contributed by atoms with van der Waals surface area (Å²) in [7, 11) is 0. The highest BCUT2D eigenvalue weighted by Crippen LogP contribution is 2.35. The minimum absolute atomic E-state index is 0.216. The molecule has 2 aromatic carbocycles. The molecule has 3 aromatic rings. The lowest BCUT2D eigenvalue weighted by atomic mass is 10.2. The fourth-order valence-corrected chi connectivity index (χ4v) is 2.88. The Bertz CT molecular complexity index is 969. The van der Waals surface area contributed by atoms with Crippen LogP contribution in [0.25, 0.3) is 11.3 Å². The average molecular weight is 386 g/mol. The van der Waals surface area contributed by atoms with E-state index in [0.29, 0.717) is 41.2 Å². The first-order chi connectivity index (χ1) is 13.2. The number of hydrogen-bond donors (Lipinski definition) is 1. The molecule has 0 radical (unpaired) electrons. The van der Waals surface area contributed by atoms with Crippen LogP contribution in [0.5, 0.6) is 17.2 Å². The quantitative estimate of drug-likeness (QED) is 0.646. The number of amides is 1. The van der Waals surface area contributed by atoms with E-state index in [9.17, 15) is 4.79 Å². The highest BCUT2D eigenvalue weighted by molar-refractivity contribution is 6.33. The number of furan rings is 1. The van der Waals surface area contributed by atoms with E-state index in [-0.39, 0.29) is 18.5 Å².